The zero-order chi connectivity index (χ0) is 18.7. The van der Waals surface area contributed by atoms with E-state index >= 15 is 0 Å². The topological polar surface area (TPSA) is 87.3 Å². The summed E-state index contributed by atoms with van der Waals surface area (Å²) < 4.78 is 64.8. The summed E-state index contributed by atoms with van der Waals surface area (Å²) in [6.45, 7) is 0. The molecule has 0 aromatic heterocycles. The molecule has 0 aliphatic carbocycles. The van der Waals surface area contributed by atoms with Gasteiger partial charge in [-0.25, -0.2) is 13.2 Å². The van der Waals surface area contributed by atoms with Crippen LogP contribution in [0.15, 0.2) is 53.4 Å². The molecule has 6 nitrogen and oxygen atoms in total. The van der Waals surface area contributed by atoms with E-state index in [1.165, 1.54) is 31.3 Å². The quantitative estimate of drug-likeness (QED) is 0.769. The molecule has 10 heteroatoms. The number of nitrogens with one attached hydrogen (secondary N) is 3. The van der Waals surface area contributed by atoms with Gasteiger partial charge in [0.2, 0.25) is 0 Å². The first kappa shape index (κ1) is 18.6. The number of carbonyl (C=O) groups excluding carboxylic acids is 1. The largest absolute Gasteiger partial charge is 0.416 e. The minimum atomic E-state index is -4.64. The Balaban J connectivity index is 2.20. The molecule has 0 heterocycles. The van der Waals surface area contributed by atoms with Crippen LogP contribution in [-0.4, -0.2) is 21.5 Å². The average molecular weight is 373 g/mol. The lowest BCUT2D eigenvalue weighted by Gasteiger charge is -2.11. The summed E-state index contributed by atoms with van der Waals surface area (Å²) in [6, 6.07) is 8.62. The van der Waals surface area contributed by atoms with Gasteiger partial charge in [-0.05, 0) is 42.5 Å². The lowest BCUT2D eigenvalue weighted by Crippen LogP contribution is -2.24. The third kappa shape index (κ3) is 4.86. The van der Waals surface area contributed by atoms with Crippen LogP contribution in [0.2, 0.25) is 0 Å². The molecular formula is C15H14F3N3O3S. The lowest BCUT2D eigenvalue weighted by molar-refractivity contribution is -0.137. The molecule has 0 aliphatic rings. The van der Waals surface area contributed by atoms with Gasteiger partial charge in [0.1, 0.15) is 0 Å². The summed E-state index contributed by atoms with van der Waals surface area (Å²) in [4.78, 5) is 10.7. The van der Waals surface area contributed by atoms with Gasteiger partial charge in [0.25, 0.3) is 10.0 Å². The first-order valence-electron chi connectivity index (χ1n) is 6.91. The molecule has 25 heavy (non-hydrogen) atoms. The predicted molar refractivity (Wildman–Crippen MR) is 86.8 cm³/mol. The minimum absolute atomic E-state index is 0.139. The first-order chi connectivity index (χ1) is 11.6. The van der Waals surface area contributed by atoms with Crippen molar-refractivity contribution in [3.63, 3.8) is 0 Å². The molecule has 0 atom stereocenters. The minimum Gasteiger partial charge on any atom is -0.341 e. The van der Waals surface area contributed by atoms with Crippen LogP contribution in [0.25, 0.3) is 0 Å². The second-order valence-corrected chi connectivity index (χ2v) is 6.59. The molecule has 2 amide bonds. The molecule has 0 fully saturated rings. The number of anilines is 2. The SMILES string of the molecule is CNC(=O)Nc1ccc(NS(=O)(=O)c2cccc(C(F)(F)F)c2)cc1. The van der Waals surface area contributed by atoms with Crippen molar-refractivity contribution in [3.05, 3.63) is 54.1 Å². The van der Waals surface area contributed by atoms with E-state index in [-0.39, 0.29) is 5.69 Å². The number of amides is 2. The van der Waals surface area contributed by atoms with Crippen LogP contribution in [0, 0.1) is 0 Å². The van der Waals surface area contributed by atoms with Crippen LogP contribution in [0.5, 0.6) is 0 Å². The van der Waals surface area contributed by atoms with E-state index < -0.39 is 32.7 Å². The normalized spacial score (nSPS) is 11.7. The molecule has 3 N–H and O–H groups in total. The fourth-order valence-electron chi connectivity index (χ4n) is 1.87. The maximum atomic E-state index is 12.7. The van der Waals surface area contributed by atoms with Gasteiger partial charge in [0.05, 0.1) is 10.5 Å². The maximum absolute atomic E-state index is 12.7. The third-order valence-corrected chi connectivity index (χ3v) is 4.47. The van der Waals surface area contributed by atoms with Gasteiger partial charge >= 0.3 is 12.2 Å². The molecule has 134 valence electrons. The van der Waals surface area contributed by atoms with Crippen molar-refractivity contribution < 1.29 is 26.4 Å². The standard InChI is InChI=1S/C15H14F3N3O3S/c1-19-14(22)20-11-5-7-12(8-6-11)21-25(23,24)13-4-2-3-10(9-13)15(16,17)18/h2-9,21H,1H3,(H2,19,20,22). The predicted octanol–water partition coefficient (Wildman–Crippen LogP) is 3.26. The van der Waals surface area contributed by atoms with Gasteiger partial charge < -0.3 is 10.6 Å². The van der Waals surface area contributed by atoms with E-state index in [4.69, 9.17) is 0 Å². The molecule has 2 rings (SSSR count). The molecule has 0 radical (unpaired) electrons. The summed E-state index contributed by atoms with van der Waals surface area (Å²) in [7, 11) is -2.75. The fourth-order valence-corrected chi connectivity index (χ4v) is 2.97. The van der Waals surface area contributed by atoms with Crippen molar-refractivity contribution in [2.24, 2.45) is 0 Å². The Kier molecular flexibility index (Phi) is 5.21. The van der Waals surface area contributed by atoms with Crippen LogP contribution in [-0.2, 0) is 16.2 Å². The second kappa shape index (κ2) is 7.01. The highest BCUT2D eigenvalue weighted by Crippen LogP contribution is 2.30. The summed E-state index contributed by atoms with van der Waals surface area (Å²) in [5, 5.41) is 4.84. The smallest absolute Gasteiger partial charge is 0.341 e. The van der Waals surface area contributed by atoms with Gasteiger partial charge in [0.15, 0.2) is 0 Å². The number of hydrogen-bond acceptors (Lipinski definition) is 3. The van der Waals surface area contributed by atoms with Gasteiger partial charge in [-0.3, -0.25) is 4.72 Å². The summed E-state index contributed by atoms with van der Waals surface area (Å²) in [5.74, 6) is 0. The van der Waals surface area contributed by atoms with Gasteiger partial charge in [-0.15, -0.1) is 0 Å². The molecule has 0 bridgehead atoms. The summed E-state index contributed by atoms with van der Waals surface area (Å²) in [5.41, 5.74) is -0.498. The Morgan fingerprint density at radius 2 is 1.60 bits per heavy atom. The number of carbonyl (C=O) groups is 1. The van der Waals surface area contributed by atoms with E-state index in [2.05, 4.69) is 15.4 Å². The molecule has 0 aliphatic heterocycles. The van der Waals surface area contributed by atoms with Crippen LogP contribution in [0.1, 0.15) is 5.56 Å². The first-order valence-corrected chi connectivity index (χ1v) is 8.39. The lowest BCUT2D eigenvalue weighted by atomic mass is 10.2. The number of halogens is 3. The Bertz CT molecular complexity index is 866. The van der Waals surface area contributed by atoms with E-state index in [0.717, 1.165) is 18.2 Å². The number of hydrogen-bond donors (Lipinski definition) is 3. The molecule has 0 spiro atoms. The monoisotopic (exact) mass is 373 g/mol. The fraction of sp³-hybridized carbons (Fsp3) is 0.133. The number of benzene rings is 2. The number of rotatable bonds is 4. The average Bonchev–Trinajstić information content (AvgIpc) is 2.55. The van der Waals surface area contributed by atoms with E-state index in [1.54, 1.807) is 0 Å². The summed E-state index contributed by atoms with van der Waals surface area (Å²) in [6.07, 6.45) is -4.64. The Hall–Kier alpha value is -2.75. The number of alkyl halides is 3. The Morgan fingerprint density at radius 1 is 1.00 bits per heavy atom. The van der Waals surface area contributed by atoms with Gasteiger partial charge in [-0.2, -0.15) is 13.2 Å². The zero-order valence-corrected chi connectivity index (χ0v) is 13.7. The number of urea groups is 1. The highest BCUT2D eigenvalue weighted by molar-refractivity contribution is 7.92. The second-order valence-electron chi connectivity index (χ2n) is 4.91. The highest BCUT2D eigenvalue weighted by atomic mass is 32.2. The van der Waals surface area contributed by atoms with Crippen molar-refractivity contribution in [1.29, 1.82) is 0 Å². The Labute approximate surface area is 142 Å². The van der Waals surface area contributed by atoms with Crippen LogP contribution < -0.4 is 15.4 Å². The van der Waals surface area contributed by atoms with Gasteiger partial charge in [-0.1, -0.05) is 6.07 Å². The molecule has 2 aromatic rings. The van der Waals surface area contributed by atoms with Crippen molar-refractivity contribution in [2.75, 3.05) is 17.1 Å². The van der Waals surface area contributed by atoms with Crippen LogP contribution in [0.4, 0.5) is 29.3 Å². The van der Waals surface area contributed by atoms with E-state index in [0.29, 0.717) is 11.8 Å². The van der Waals surface area contributed by atoms with Crippen molar-refractivity contribution >= 4 is 27.4 Å². The maximum Gasteiger partial charge on any atom is 0.416 e. The molecule has 0 saturated carbocycles. The van der Waals surface area contributed by atoms with Crippen molar-refractivity contribution in [1.82, 2.24) is 5.32 Å². The van der Waals surface area contributed by atoms with Crippen LogP contribution >= 0.6 is 0 Å². The molecule has 2 aromatic carbocycles. The van der Waals surface area contributed by atoms with E-state index in [1.807, 2.05) is 0 Å². The van der Waals surface area contributed by atoms with E-state index in [9.17, 15) is 26.4 Å². The molecule has 0 saturated heterocycles. The van der Waals surface area contributed by atoms with Crippen molar-refractivity contribution in [2.45, 2.75) is 11.1 Å². The van der Waals surface area contributed by atoms with Crippen LogP contribution in [0.3, 0.4) is 0 Å². The molecular weight excluding hydrogens is 359 g/mol. The molecule has 0 unspecified atom stereocenters. The Morgan fingerprint density at radius 3 is 2.16 bits per heavy atom. The van der Waals surface area contributed by atoms with Gasteiger partial charge in [0, 0.05) is 18.4 Å². The number of sulfonamides is 1. The summed E-state index contributed by atoms with van der Waals surface area (Å²) >= 11 is 0. The zero-order valence-electron chi connectivity index (χ0n) is 12.9. The highest BCUT2D eigenvalue weighted by Gasteiger charge is 2.31. The van der Waals surface area contributed by atoms with Crippen molar-refractivity contribution in [3.8, 4) is 0 Å². The third-order valence-electron chi connectivity index (χ3n) is 3.09.